The molecule has 0 radical (unpaired) electrons. The van der Waals surface area contributed by atoms with Gasteiger partial charge in [-0.15, -0.1) is 0 Å². The molecule has 0 amide bonds. The standard InChI is InChI=1S/2C11H11N/c1-8-7-12-11-6-4-3-5-10(11)9(8)2;1-8-7-10-5-3-4-6-11(10)12-9(8)2/h2*3-7H,1-2H3. The third-order valence-electron chi connectivity index (χ3n) is 4.46. The van der Waals surface area contributed by atoms with Crippen molar-refractivity contribution in [2.24, 2.45) is 0 Å². The molecule has 0 aliphatic carbocycles. The van der Waals surface area contributed by atoms with E-state index in [1.54, 1.807) is 0 Å². The fourth-order valence-electron chi connectivity index (χ4n) is 2.70. The minimum atomic E-state index is 1.08. The van der Waals surface area contributed by atoms with E-state index in [4.69, 9.17) is 0 Å². The molecule has 0 aliphatic heterocycles. The Balaban J connectivity index is 0.000000141. The first-order valence-corrected chi connectivity index (χ1v) is 8.20. The van der Waals surface area contributed by atoms with Crippen molar-refractivity contribution >= 4 is 21.8 Å². The van der Waals surface area contributed by atoms with Crippen LogP contribution in [-0.2, 0) is 0 Å². The summed E-state index contributed by atoms with van der Waals surface area (Å²) in [5.41, 5.74) is 7.14. The molecule has 120 valence electrons. The van der Waals surface area contributed by atoms with Crippen LogP contribution in [0.1, 0.15) is 22.4 Å². The van der Waals surface area contributed by atoms with E-state index < -0.39 is 0 Å². The van der Waals surface area contributed by atoms with Gasteiger partial charge in [-0.2, -0.15) is 0 Å². The van der Waals surface area contributed by atoms with Crippen LogP contribution in [0.25, 0.3) is 21.8 Å². The first kappa shape index (κ1) is 16.1. The summed E-state index contributed by atoms with van der Waals surface area (Å²) in [6.07, 6.45) is 1.93. The summed E-state index contributed by atoms with van der Waals surface area (Å²) in [5, 5.41) is 2.48. The summed E-state index contributed by atoms with van der Waals surface area (Å²) >= 11 is 0. The first-order valence-electron chi connectivity index (χ1n) is 8.20. The van der Waals surface area contributed by atoms with Crippen LogP contribution in [0.3, 0.4) is 0 Å². The SMILES string of the molecule is Cc1cc2ccccc2nc1C.Cc1cnc2ccccc2c1C. The van der Waals surface area contributed by atoms with Gasteiger partial charge in [-0.3, -0.25) is 9.97 Å². The molecule has 2 heterocycles. The highest BCUT2D eigenvalue weighted by Gasteiger charge is 1.99. The van der Waals surface area contributed by atoms with Gasteiger partial charge < -0.3 is 0 Å². The van der Waals surface area contributed by atoms with E-state index in [0.717, 1.165) is 16.7 Å². The van der Waals surface area contributed by atoms with Gasteiger partial charge in [0.05, 0.1) is 11.0 Å². The third-order valence-corrected chi connectivity index (χ3v) is 4.46. The highest BCUT2D eigenvalue weighted by molar-refractivity contribution is 5.82. The Morgan fingerprint density at radius 2 is 1.38 bits per heavy atom. The van der Waals surface area contributed by atoms with Crippen LogP contribution in [0.4, 0.5) is 0 Å². The average molecular weight is 314 g/mol. The molecule has 0 saturated heterocycles. The van der Waals surface area contributed by atoms with Crippen LogP contribution in [0.2, 0.25) is 0 Å². The number of aromatic nitrogens is 2. The quantitative estimate of drug-likeness (QED) is 0.416. The molecule has 0 atom stereocenters. The van der Waals surface area contributed by atoms with E-state index in [1.165, 1.54) is 27.5 Å². The van der Waals surface area contributed by atoms with Crippen molar-refractivity contribution in [2.75, 3.05) is 0 Å². The second-order valence-electron chi connectivity index (χ2n) is 6.17. The van der Waals surface area contributed by atoms with E-state index in [1.807, 2.05) is 43.5 Å². The van der Waals surface area contributed by atoms with Gasteiger partial charge in [-0.05, 0) is 62.6 Å². The number of hydrogen-bond acceptors (Lipinski definition) is 2. The van der Waals surface area contributed by atoms with Crippen molar-refractivity contribution in [3.05, 3.63) is 83.2 Å². The molecule has 0 N–H and O–H groups in total. The predicted molar refractivity (Wildman–Crippen MR) is 102 cm³/mol. The highest BCUT2D eigenvalue weighted by Crippen LogP contribution is 2.18. The Labute approximate surface area is 143 Å². The number of hydrogen-bond donors (Lipinski definition) is 0. The first-order chi connectivity index (χ1) is 11.6. The summed E-state index contributed by atoms with van der Waals surface area (Å²) in [6.45, 7) is 8.37. The maximum Gasteiger partial charge on any atom is 0.0705 e. The molecule has 4 rings (SSSR count). The summed E-state index contributed by atoms with van der Waals surface area (Å²) in [4.78, 5) is 8.82. The minimum Gasteiger partial charge on any atom is -0.256 e. The topological polar surface area (TPSA) is 25.8 Å². The van der Waals surface area contributed by atoms with Crippen LogP contribution < -0.4 is 0 Å². The Hall–Kier alpha value is -2.74. The Kier molecular flexibility index (Phi) is 4.57. The largest absolute Gasteiger partial charge is 0.256 e. The summed E-state index contributed by atoms with van der Waals surface area (Å²) < 4.78 is 0. The molecule has 2 nitrogen and oxygen atoms in total. The molecule has 0 bridgehead atoms. The molecule has 2 aromatic carbocycles. The second-order valence-corrected chi connectivity index (χ2v) is 6.17. The molecule has 0 unspecified atom stereocenters. The van der Waals surface area contributed by atoms with E-state index in [0.29, 0.717) is 0 Å². The predicted octanol–water partition coefficient (Wildman–Crippen LogP) is 5.70. The molecule has 24 heavy (non-hydrogen) atoms. The van der Waals surface area contributed by atoms with Crippen LogP contribution in [-0.4, -0.2) is 9.97 Å². The lowest BCUT2D eigenvalue weighted by Crippen LogP contribution is -1.87. The molecule has 4 aromatic rings. The molecule has 0 aliphatic rings. The Morgan fingerprint density at radius 3 is 2.17 bits per heavy atom. The Bertz CT molecular complexity index is 954. The van der Waals surface area contributed by atoms with Gasteiger partial charge in [0.25, 0.3) is 0 Å². The maximum absolute atomic E-state index is 4.48. The zero-order valence-electron chi connectivity index (χ0n) is 14.7. The van der Waals surface area contributed by atoms with E-state index in [9.17, 15) is 0 Å². The van der Waals surface area contributed by atoms with Crippen molar-refractivity contribution in [1.29, 1.82) is 0 Å². The number of pyridine rings is 2. The molecular formula is C22H22N2. The monoisotopic (exact) mass is 314 g/mol. The van der Waals surface area contributed by atoms with Crippen LogP contribution in [0.15, 0.2) is 60.8 Å². The summed E-state index contributed by atoms with van der Waals surface area (Å²) in [5.74, 6) is 0. The van der Waals surface area contributed by atoms with Gasteiger partial charge in [-0.25, -0.2) is 0 Å². The number of rotatable bonds is 0. The van der Waals surface area contributed by atoms with Crippen molar-refractivity contribution in [2.45, 2.75) is 27.7 Å². The van der Waals surface area contributed by atoms with Crippen molar-refractivity contribution in [1.82, 2.24) is 9.97 Å². The van der Waals surface area contributed by atoms with Gasteiger partial charge >= 0.3 is 0 Å². The third kappa shape index (κ3) is 3.28. The van der Waals surface area contributed by atoms with E-state index in [2.05, 4.69) is 55.0 Å². The second kappa shape index (κ2) is 6.79. The normalized spacial score (nSPS) is 10.5. The smallest absolute Gasteiger partial charge is 0.0705 e. The van der Waals surface area contributed by atoms with Gasteiger partial charge in [0.2, 0.25) is 0 Å². The van der Waals surface area contributed by atoms with Crippen LogP contribution in [0.5, 0.6) is 0 Å². The number of para-hydroxylation sites is 2. The highest BCUT2D eigenvalue weighted by atomic mass is 14.7. The number of fused-ring (bicyclic) bond motifs is 2. The number of benzene rings is 2. The zero-order valence-corrected chi connectivity index (χ0v) is 14.7. The maximum atomic E-state index is 4.48. The molecule has 0 saturated carbocycles. The number of aryl methyl sites for hydroxylation is 4. The average Bonchev–Trinajstić information content (AvgIpc) is 2.60. The van der Waals surface area contributed by atoms with E-state index in [-0.39, 0.29) is 0 Å². The number of nitrogens with zero attached hydrogens (tertiary/aromatic N) is 2. The van der Waals surface area contributed by atoms with Crippen molar-refractivity contribution < 1.29 is 0 Å². The lowest BCUT2D eigenvalue weighted by molar-refractivity contribution is 1.20. The lowest BCUT2D eigenvalue weighted by atomic mass is 10.1. The van der Waals surface area contributed by atoms with E-state index >= 15 is 0 Å². The van der Waals surface area contributed by atoms with Gasteiger partial charge in [0.15, 0.2) is 0 Å². The lowest BCUT2D eigenvalue weighted by Gasteiger charge is -2.03. The zero-order chi connectivity index (χ0) is 17.1. The molecular weight excluding hydrogens is 292 g/mol. The molecule has 0 fully saturated rings. The van der Waals surface area contributed by atoms with Crippen LogP contribution >= 0.6 is 0 Å². The minimum absolute atomic E-state index is 1.08. The molecule has 2 heteroatoms. The summed E-state index contributed by atoms with van der Waals surface area (Å²) in [7, 11) is 0. The summed E-state index contributed by atoms with van der Waals surface area (Å²) in [6, 6.07) is 18.6. The molecule has 2 aromatic heterocycles. The molecule has 0 spiro atoms. The fourth-order valence-corrected chi connectivity index (χ4v) is 2.70. The van der Waals surface area contributed by atoms with Crippen LogP contribution in [0, 0.1) is 27.7 Å². The van der Waals surface area contributed by atoms with Gasteiger partial charge in [0, 0.05) is 22.7 Å². The van der Waals surface area contributed by atoms with Gasteiger partial charge in [-0.1, -0.05) is 36.4 Å². The van der Waals surface area contributed by atoms with Crippen molar-refractivity contribution in [3.8, 4) is 0 Å². The van der Waals surface area contributed by atoms with Gasteiger partial charge in [0.1, 0.15) is 0 Å². The van der Waals surface area contributed by atoms with Crippen molar-refractivity contribution in [3.63, 3.8) is 0 Å². The Morgan fingerprint density at radius 1 is 0.708 bits per heavy atom. The fraction of sp³-hybridized carbons (Fsp3) is 0.182.